The Kier molecular flexibility index (Phi) is 6.62. The second kappa shape index (κ2) is 9.20. The SMILES string of the molecule is CCc1cccc(N(N)C(=O)NN)c1COc1ccc(-c2nn(C)c(C)c2C)cc1C. The maximum atomic E-state index is 11.9. The van der Waals surface area contributed by atoms with Gasteiger partial charge in [-0.2, -0.15) is 5.10 Å². The fraction of sp³-hybridized carbons (Fsp3) is 0.304. The van der Waals surface area contributed by atoms with Gasteiger partial charge in [0.1, 0.15) is 12.4 Å². The molecule has 2 amide bonds. The van der Waals surface area contributed by atoms with E-state index in [1.165, 1.54) is 5.56 Å². The third kappa shape index (κ3) is 4.40. The number of rotatable bonds is 6. The molecule has 164 valence electrons. The Labute approximate surface area is 182 Å². The molecule has 0 spiro atoms. The second-order valence-electron chi connectivity index (χ2n) is 7.54. The topological polar surface area (TPSA) is 111 Å². The second-order valence-corrected chi connectivity index (χ2v) is 7.54. The lowest BCUT2D eigenvalue weighted by molar-refractivity contribution is 0.246. The van der Waals surface area contributed by atoms with Crippen molar-refractivity contribution in [2.24, 2.45) is 18.7 Å². The van der Waals surface area contributed by atoms with Crippen LogP contribution < -0.4 is 26.9 Å². The van der Waals surface area contributed by atoms with E-state index in [-0.39, 0.29) is 6.61 Å². The first-order valence-corrected chi connectivity index (χ1v) is 10.2. The summed E-state index contributed by atoms with van der Waals surface area (Å²) in [4.78, 5) is 11.9. The van der Waals surface area contributed by atoms with E-state index in [0.717, 1.165) is 50.8 Å². The molecule has 5 N–H and O–H groups in total. The van der Waals surface area contributed by atoms with Gasteiger partial charge in [-0.25, -0.2) is 21.5 Å². The van der Waals surface area contributed by atoms with Crippen molar-refractivity contribution in [1.82, 2.24) is 15.2 Å². The van der Waals surface area contributed by atoms with Crippen LogP contribution in [-0.2, 0) is 20.1 Å². The Morgan fingerprint density at radius 1 is 1.23 bits per heavy atom. The number of hydrazine groups is 2. The Balaban J connectivity index is 1.88. The minimum atomic E-state index is -0.601. The first kappa shape index (κ1) is 22.3. The molecule has 0 aliphatic heterocycles. The van der Waals surface area contributed by atoms with E-state index in [1.54, 1.807) is 6.07 Å². The molecule has 0 saturated heterocycles. The van der Waals surface area contributed by atoms with Gasteiger partial charge in [0.05, 0.1) is 11.4 Å². The molecular formula is C23H30N6O2. The fourth-order valence-electron chi connectivity index (χ4n) is 3.62. The fourth-order valence-corrected chi connectivity index (χ4v) is 3.62. The lowest BCUT2D eigenvalue weighted by atomic mass is 10.0. The highest BCUT2D eigenvalue weighted by atomic mass is 16.5. The van der Waals surface area contributed by atoms with Crippen LogP contribution >= 0.6 is 0 Å². The van der Waals surface area contributed by atoms with E-state index < -0.39 is 6.03 Å². The van der Waals surface area contributed by atoms with Crippen LogP contribution in [0.5, 0.6) is 5.75 Å². The monoisotopic (exact) mass is 422 g/mol. The number of aromatic nitrogens is 2. The number of aryl methyl sites for hydroxylation is 3. The number of hydrogen-bond acceptors (Lipinski definition) is 5. The van der Waals surface area contributed by atoms with Crippen LogP contribution in [0.2, 0.25) is 0 Å². The lowest BCUT2D eigenvalue weighted by Gasteiger charge is -2.22. The molecule has 3 rings (SSSR count). The Morgan fingerprint density at radius 2 is 1.97 bits per heavy atom. The van der Waals surface area contributed by atoms with E-state index >= 15 is 0 Å². The zero-order valence-electron chi connectivity index (χ0n) is 18.7. The van der Waals surface area contributed by atoms with Gasteiger partial charge in [0, 0.05) is 23.9 Å². The molecule has 8 nitrogen and oxygen atoms in total. The zero-order chi connectivity index (χ0) is 22.7. The van der Waals surface area contributed by atoms with Crippen LogP contribution in [0.3, 0.4) is 0 Å². The van der Waals surface area contributed by atoms with Crippen molar-refractivity contribution in [2.75, 3.05) is 5.01 Å². The molecule has 1 aromatic heterocycles. The smallest absolute Gasteiger partial charge is 0.350 e. The van der Waals surface area contributed by atoms with Gasteiger partial charge in [-0.05, 0) is 68.1 Å². The lowest BCUT2D eigenvalue weighted by Crippen LogP contribution is -2.48. The molecule has 2 aromatic carbocycles. The van der Waals surface area contributed by atoms with Crippen molar-refractivity contribution in [3.63, 3.8) is 0 Å². The van der Waals surface area contributed by atoms with E-state index in [1.807, 2.05) is 49.8 Å². The summed E-state index contributed by atoms with van der Waals surface area (Å²) in [6.45, 7) is 8.46. The average molecular weight is 423 g/mol. The maximum Gasteiger partial charge on any atom is 0.350 e. The molecule has 8 heteroatoms. The van der Waals surface area contributed by atoms with Crippen LogP contribution in [-0.4, -0.2) is 15.8 Å². The standard InChI is InChI=1S/C23H30N6O2/c1-6-17-8-7-9-20(29(25)23(30)26-24)19(17)13-31-21-11-10-18(12-14(21)2)22-15(3)16(4)28(5)27-22/h7-12H,6,13,24-25H2,1-5H3,(H,26,30). The van der Waals surface area contributed by atoms with Crippen LogP contribution in [0.1, 0.15) is 34.9 Å². The summed E-state index contributed by atoms with van der Waals surface area (Å²) in [5, 5.41) is 5.63. The molecule has 0 radical (unpaired) electrons. The summed E-state index contributed by atoms with van der Waals surface area (Å²) >= 11 is 0. The van der Waals surface area contributed by atoms with E-state index in [9.17, 15) is 4.79 Å². The Hall–Kier alpha value is -3.36. The molecule has 31 heavy (non-hydrogen) atoms. The third-order valence-electron chi connectivity index (χ3n) is 5.68. The van der Waals surface area contributed by atoms with Gasteiger partial charge in [0.2, 0.25) is 0 Å². The summed E-state index contributed by atoms with van der Waals surface area (Å²) in [5.41, 5.74) is 9.83. The minimum Gasteiger partial charge on any atom is -0.489 e. The number of anilines is 1. The number of hydrogen-bond donors (Lipinski definition) is 3. The summed E-state index contributed by atoms with van der Waals surface area (Å²) < 4.78 is 8.04. The van der Waals surface area contributed by atoms with Crippen molar-refractivity contribution in [3.8, 4) is 17.0 Å². The highest BCUT2D eigenvalue weighted by Crippen LogP contribution is 2.30. The molecule has 3 aromatic rings. The highest BCUT2D eigenvalue weighted by Gasteiger charge is 2.18. The molecule has 0 atom stereocenters. The van der Waals surface area contributed by atoms with Crippen molar-refractivity contribution in [2.45, 2.75) is 40.7 Å². The first-order valence-electron chi connectivity index (χ1n) is 10.2. The van der Waals surface area contributed by atoms with Gasteiger partial charge >= 0.3 is 6.03 Å². The van der Waals surface area contributed by atoms with Crippen molar-refractivity contribution >= 4 is 11.7 Å². The summed E-state index contributed by atoms with van der Waals surface area (Å²) in [6, 6.07) is 11.1. The van der Waals surface area contributed by atoms with Gasteiger partial charge < -0.3 is 4.74 Å². The molecule has 0 bridgehead atoms. The van der Waals surface area contributed by atoms with Gasteiger partial charge in [0.25, 0.3) is 0 Å². The minimum absolute atomic E-state index is 0.271. The third-order valence-corrected chi connectivity index (χ3v) is 5.68. The molecule has 1 heterocycles. The zero-order valence-corrected chi connectivity index (χ0v) is 18.7. The molecular weight excluding hydrogens is 392 g/mol. The number of urea groups is 1. The number of benzene rings is 2. The number of nitrogens with two attached hydrogens (primary N) is 2. The summed E-state index contributed by atoms with van der Waals surface area (Å²) in [6.07, 6.45) is 0.779. The largest absolute Gasteiger partial charge is 0.489 e. The van der Waals surface area contributed by atoms with Crippen molar-refractivity contribution in [1.29, 1.82) is 0 Å². The number of carbonyl (C=O) groups excluding carboxylic acids is 1. The van der Waals surface area contributed by atoms with Crippen molar-refractivity contribution in [3.05, 3.63) is 64.3 Å². The predicted octanol–water partition coefficient (Wildman–Crippen LogP) is 3.42. The molecule has 0 aliphatic rings. The van der Waals surface area contributed by atoms with Crippen LogP contribution in [0, 0.1) is 20.8 Å². The Bertz CT molecular complexity index is 1110. The van der Waals surface area contributed by atoms with E-state index in [2.05, 4.69) is 30.4 Å². The number of ether oxygens (including phenoxy) is 1. The van der Waals surface area contributed by atoms with Crippen LogP contribution in [0.15, 0.2) is 36.4 Å². The number of carbonyl (C=O) groups is 1. The van der Waals surface area contributed by atoms with Gasteiger partial charge in [-0.3, -0.25) is 10.1 Å². The Morgan fingerprint density at radius 3 is 2.55 bits per heavy atom. The first-order chi connectivity index (χ1) is 14.8. The predicted molar refractivity (Wildman–Crippen MR) is 122 cm³/mol. The van der Waals surface area contributed by atoms with E-state index in [4.69, 9.17) is 16.4 Å². The van der Waals surface area contributed by atoms with Gasteiger partial charge in [0.15, 0.2) is 0 Å². The number of nitrogens with zero attached hydrogens (tertiary/aromatic N) is 3. The normalized spacial score (nSPS) is 10.8. The van der Waals surface area contributed by atoms with Crippen LogP contribution in [0.4, 0.5) is 10.5 Å². The quantitative estimate of drug-likeness (QED) is 0.320. The number of amides is 2. The summed E-state index contributed by atoms with van der Waals surface area (Å²) in [7, 11) is 1.95. The van der Waals surface area contributed by atoms with Crippen molar-refractivity contribution < 1.29 is 9.53 Å². The molecule has 0 unspecified atom stereocenters. The maximum absolute atomic E-state index is 11.9. The molecule has 0 saturated carbocycles. The van der Waals surface area contributed by atoms with Gasteiger partial charge in [-0.15, -0.1) is 0 Å². The molecule has 0 fully saturated rings. The highest BCUT2D eigenvalue weighted by molar-refractivity contribution is 5.91. The van der Waals surface area contributed by atoms with E-state index in [0.29, 0.717) is 5.69 Å². The van der Waals surface area contributed by atoms with Crippen LogP contribution in [0.25, 0.3) is 11.3 Å². The average Bonchev–Trinajstić information content (AvgIpc) is 3.04. The van der Waals surface area contributed by atoms with Gasteiger partial charge in [-0.1, -0.05) is 19.1 Å². The summed E-state index contributed by atoms with van der Waals surface area (Å²) in [5.74, 6) is 12.0. The molecule has 0 aliphatic carbocycles. The number of nitrogens with one attached hydrogen (secondary N) is 1.